The molecular weight excluding hydrogens is 478 g/mol. The Kier molecular flexibility index (Phi) is 6.58. The number of carbonyl (C=O) groups is 1. The second-order valence-electron chi connectivity index (χ2n) is 7.11. The number of amides is 1. The molecule has 31 heavy (non-hydrogen) atoms. The summed E-state index contributed by atoms with van der Waals surface area (Å²) < 4.78 is 0.944. The number of hydrogen-bond donors (Lipinski definition) is 0. The molecule has 0 bridgehead atoms. The maximum absolute atomic E-state index is 13.0. The van der Waals surface area contributed by atoms with Crippen molar-refractivity contribution in [3.63, 3.8) is 0 Å². The molecule has 3 aromatic carbocycles. The van der Waals surface area contributed by atoms with Crippen LogP contribution in [0.2, 0.25) is 0 Å². The first-order chi connectivity index (χ1) is 15.0. The average molecular weight is 498 g/mol. The smallest absolute Gasteiger partial charge is 0.284 e. The van der Waals surface area contributed by atoms with Crippen LogP contribution in [0.3, 0.4) is 0 Å². The number of piperazine rings is 1. The number of benzene rings is 3. The van der Waals surface area contributed by atoms with Gasteiger partial charge in [-0.15, -0.1) is 0 Å². The number of anilines is 1. The number of rotatable bonds is 5. The number of carbonyl (C=O) groups excluding carboxylic acids is 1. The Morgan fingerprint density at radius 2 is 1.61 bits per heavy atom. The predicted molar refractivity (Wildman–Crippen MR) is 126 cm³/mol. The summed E-state index contributed by atoms with van der Waals surface area (Å²) in [6.45, 7) is 2.62. The quantitative estimate of drug-likeness (QED) is 0.345. The van der Waals surface area contributed by atoms with Crippen LogP contribution in [0.1, 0.15) is 10.4 Å². The summed E-state index contributed by atoms with van der Waals surface area (Å²) in [5.74, 6) is -0.170. The Bertz CT molecular complexity index is 1080. The van der Waals surface area contributed by atoms with E-state index in [1.807, 2.05) is 42.5 Å². The van der Waals surface area contributed by atoms with Crippen molar-refractivity contribution in [1.82, 2.24) is 4.90 Å². The van der Waals surface area contributed by atoms with Crippen molar-refractivity contribution in [3.8, 4) is 0 Å². The highest BCUT2D eigenvalue weighted by Gasteiger charge is 2.25. The molecule has 0 spiro atoms. The lowest BCUT2D eigenvalue weighted by atomic mass is 10.1. The van der Waals surface area contributed by atoms with E-state index in [9.17, 15) is 14.9 Å². The van der Waals surface area contributed by atoms with Crippen LogP contribution in [0.15, 0.2) is 87.1 Å². The number of nitro groups is 1. The van der Waals surface area contributed by atoms with Gasteiger partial charge >= 0.3 is 0 Å². The molecule has 0 atom stereocenters. The molecule has 1 heterocycles. The lowest BCUT2D eigenvalue weighted by Gasteiger charge is -2.36. The number of halogens is 1. The van der Waals surface area contributed by atoms with Gasteiger partial charge in [0.1, 0.15) is 0 Å². The lowest BCUT2D eigenvalue weighted by molar-refractivity contribution is -0.387. The Morgan fingerprint density at radius 3 is 2.26 bits per heavy atom. The van der Waals surface area contributed by atoms with Crippen LogP contribution in [-0.4, -0.2) is 41.9 Å². The second kappa shape index (κ2) is 9.53. The third-order valence-corrected chi connectivity index (χ3v) is 6.73. The minimum atomic E-state index is -0.425. The number of nitro benzene ring substituents is 1. The van der Waals surface area contributed by atoms with Crippen LogP contribution >= 0.6 is 27.7 Å². The molecule has 8 heteroatoms. The molecule has 158 valence electrons. The van der Waals surface area contributed by atoms with Crippen LogP contribution < -0.4 is 4.90 Å². The highest BCUT2D eigenvalue weighted by molar-refractivity contribution is 9.10. The van der Waals surface area contributed by atoms with Gasteiger partial charge in [-0.25, -0.2) is 0 Å². The number of para-hydroxylation sites is 1. The summed E-state index contributed by atoms with van der Waals surface area (Å²) in [7, 11) is 0. The van der Waals surface area contributed by atoms with Crippen molar-refractivity contribution in [3.05, 3.63) is 92.9 Å². The van der Waals surface area contributed by atoms with Gasteiger partial charge in [0.2, 0.25) is 0 Å². The minimum Gasteiger partial charge on any atom is -0.368 e. The fraction of sp³-hybridized carbons (Fsp3) is 0.174. The fourth-order valence-corrected chi connectivity index (χ4v) is 4.66. The second-order valence-corrected chi connectivity index (χ2v) is 9.14. The van der Waals surface area contributed by atoms with Gasteiger partial charge < -0.3 is 9.80 Å². The van der Waals surface area contributed by atoms with Gasteiger partial charge in [0.15, 0.2) is 0 Å². The Labute approximate surface area is 193 Å². The first-order valence-electron chi connectivity index (χ1n) is 9.82. The van der Waals surface area contributed by atoms with E-state index in [-0.39, 0.29) is 11.6 Å². The van der Waals surface area contributed by atoms with Crippen molar-refractivity contribution in [2.75, 3.05) is 31.1 Å². The largest absolute Gasteiger partial charge is 0.368 e. The third-order valence-electron chi connectivity index (χ3n) is 5.13. The molecule has 0 radical (unpaired) electrons. The van der Waals surface area contributed by atoms with Crippen molar-refractivity contribution < 1.29 is 9.72 Å². The van der Waals surface area contributed by atoms with Gasteiger partial charge in [-0.3, -0.25) is 14.9 Å². The molecular formula is C23H20BrN3O3S. The monoisotopic (exact) mass is 497 g/mol. The summed E-state index contributed by atoms with van der Waals surface area (Å²) >= 11 is 4.70. The van der Waals surface area contributed by atoms with Gasteiger partial charge in [-0.2, -0.15) is 0 Å². The highest BCUT2D eigenvalue weighted by atomic mass is 79.9. The molecule has 4 rings (SSSR count). The van der Waals surface area contributed by atoms with Crippen LogP contribution in [-0.2, 0) is 0 Å². The van der Waals surface area contributed by atoms with Crippen molar-refractivity contribution in [2.24, 2.45) is 0 Å². The molecule has 0 unspecified atom stereocenters. The van der Waals surface area contributed by atoms with E-state index in [0.717, 1.165) is 28.1 Å². The number of hydrogen-bond acceptors (Lipinski definition) is 5. The van der Waals surface area contributed by atoms with Crippen LogP contribution in [0, 0.1) is 10.1 Å². The molecule has 0 aliphatic carbocycles. The zero-order chi connectivity index (χ0) is 21.8. The van der Waals surface area contributed by atoms with Crippen LogP contribution in [0.4, 0.5) is 11.4 Å². The summed E-state index contributed by atoms with van der Waals surface area (Å²) in [6, 6.07) is 22.4. The molecule has 3 aromatic rings. The molecule has 1 aliphatic rings. The Morgan fingerprint density at radius 1 is 0.935 bits per heavy atom. The molecule has 0 aromatic heterocycles. The predicted octanol–water partition coefficient (Wildman–Crippen LogP) is 5.47. The third kappa shape index (κ3) is 5.08. The summed E-state index contributed by atoms with van der Waals surface area (Å²) in [5, 5.41) is 11.7. The van der Waals surface area contributed by atoms with E-state index in [0.29, 0.717) is 23.5 Å². The highest BCUT2D eigenvalue weighted by Crippen LogP contribution is 2.36. The Hall–Kier alpha value is -2.84. The van der Waals surface area contributed by atoms with E-state index >= 15 is 0 Å². The summed E-state index contributed by atoms with van der Waals surface area (Å²) in [6.07, 6.45) is 0. The molecule has 1 fully saturated rings. The maximum atomic E-state index is 13.0. The van der Waals surface area contributed by atoms with Crippen molar-refractivity contribution >= 4 is 45.0 Å². The molecule has 1 saturated heterocycles. The molecule has 1 amide bonds. The lowest BCUT2D eigenvalue weighted by Crippen LogP contribution is -2.48. The van der Waals surface area contributed by atoms with Gasteiger partial charge in [0, 0.05) is 52.9 Å². The normalized spacial score (nSPS) is 13.8. The topological polar surface area (TPSA) is 66.7 Å². The van der Waals surface area contributed by atoms with Gasteiger partial charge in [0.05, 0.1) is 9.82 Å². The first-order valence-corrected chi connectivity index (χ1v) is 11.4. The van der Waals surface area contributed by atoms with E-state index in [2.05, 4.69) is 33.0 Å². The molecule has 0 N–H and O–H groups in total. The van der Waals surface area contributed by atoms with Crippen LogP contribution in [0.5, 0.6) is 0 Å². The fourth-order valence-electron chi connectivity index (χ4n) is 3.50. The average Bonchev–Trinajstić information content (AvgIpc) is 2.81. The van der Waals surface area contributed by atoms with E-state index in [1.54, 1.807) is 17.0 Å². The van der Waals surface area contributed by atoms with Crippen LogP contribution in [0.25, 0.3) is 0 Å². The zero-order valence-corrected chi connectivity index (χ0v) is 19.0. The van der Waals surface area contributed by atoms with Gasteiger partial charge in [-0.05, 0) is 48.5 Å². The van der Waals surface area contributed by atoms with Crippen molar-refractivity contribution in [2.45, 2.75) is 9.79 Å². The minimum absolute atomic E-state index is 0.0540. The summed E-state index contributed by atoms with van der Waals surface area (Å²) in [5.41, 5.74) is 1.43. The number of nitrogens with zero attached hydrogens (tertiary/aromatic N) is 3. The first kappa shape index (κ1) is 21.4. The zero-order valence-electron chi connectivity index (χ0n) is 16.6. The van der Waals surface area contributed by atoms with Crippen molar-refractivity contribution in [1.29, 1.82) is 0 Å². The summed E-state index contributed by atoms with van der Waals surface area (Å²) in [4.78, 5) is 29.6. The molecule has 6 nitrogen and oxygen atoms in total. The van der Waals surface area contributed by atoms with E-state index in [1.165, 1.54) is 17.8 Å². The van der Waals surface area contributed by atoms with E-state index < -0.39 is 4.92 Å². The SMILES string of the molecule is O=C(c1ccc(Sc2ccc(Br)cc2)c([N+](=O)[O-])c1)N1CCN(c2ccccc2)CC1. The Balaban J connectivity index is 1.48. The maximum Gasteiger partial charge on any atom is 0.284 e. The molecule has 1 aliphatic heterocycles. The van der Waals surface area contributed by atoms with Gasteiger partial charge in [0.25, 0.3) is 11.6 Å². The van der Waals surface area contributed by atoms with E-state index in [4.69, 9.17) is 0 Å². The van der Waals surface area contributed by atoms with Gasteiger partial charge in [-0.1, -0.05) is 45.9 Å². The standard InChI is InChI=1S/C23H20BrN3O3S/c24-18-7-9-20(10-8-18)31-22-11-6-17(16-21(22)27(29)30)23(28)26-14-12-25(13-15-26)19-4-2-1-3-5-19/h1-11,16H,12-15H2. The molecule has 0 saturated carbocycles.